The molecule has 1 saturated heterocycles. The number of hydrogen-bond donors (Lipinski definition) is 1. The Hall–Kier alpha value is -1.55. The van der Waals surface area contributed by atoms with Gasteiger partial charge < -0.3 is 10.6 Å². The molecule has 1 fully saturated rings. The highest BCUT2D eigenvalue weighted by Gasteiger charge is 2.28. The summed E-state index contributed by atoms with van der Waals surface area (Å²) in [7, 11) is 2.13. The fourth-order valence-corrected chi connectivity index (χ4v) is 2.77. The Bertz CT molecular complexity index is 463. The van der Waals surface area contributed by atoms with E-state index in [0.29, 0.717) is 18.5 Å². The number of aryl methyl sites for hydroxylation is 1. The number of hydrogen-bond acceptors (Lipinski definition) is 3. The molecule has 2 atom stereocenters. The van der Waals surface area contributed by atoms with Crippen LogP contribution in [-0.4, -0.2) is 47.9 Å². The SMILES string of the molecule is CC1CN(C(=O)CCc2cccc(N)c2)CC(C)N1C. The average molecular weight is 275 g/mol. The van der Waals surface area contributed by atoms with Gasteiger partial charge in [0, 0.05) is 37.3 Å². The maximum atomic E-state index is 12.3. The molecule has 0 spiro atoms. The Morgan fingerprint density at radius 2 is 1.95 bits per heavy atom. The van der Waals surface area contributed by atoms with Crippen LogP contribution in [0.4, 0.5) is 5.69 Å². The molecule has 0 saturated carbocycles. The molecule has 2 rings (SSSR count). The first-order valence-electron chi connectivity index (χ1n) is 7.31. The van der Waals surface area contributed by atoms with E-state index >= 15 is 0 Å². The van der Waals surface area contributed by atoms with Gasteiger partial charge in [0.15, 0.2) is 0 Å². The number of amides is 1. The van der Waals surface area contributed by atoms with Crippen LogP contribution in [0.5, 0.6) is 0 Å². The van der Waals surface area contributed by atoms with Gasteiger partial charge in [-0.2, -0.15) is 0 Å². The van der Waals surface area contributed by atoms with Crippen LogP contribution in [0.15, 0.2) is 24.3 Å². The van der Waals surface area contributed by atoms with E-state index in [2.05, 4.69) is 25.8 Å². The van der Waals surface area contributed by atoms with Crippen LogP contribution in [0, 0.1) is 0 Å². The molecule has 1 aliphatic heterocycles. The zero-order valence-corrected chi connectivity index (χ0v) is 12.7. The van der Waals surface area contributed by atoms with Crippen molar-refractivity contribution in [3.05, 3.63) is 29.8 Å². The van der Waals surface area contributed by atoms with Gasteiger partial charge in [-0.3, -0.25) is 9.69 Å². The fraction of sp³-hybridized carbons (Fsp3) is 0.562. The number of benzene rings is 1. The number of piperazine rings is 1. The van der Waals surface area contributed by atoms with Crippen molar-refractivity contribution in [3.63, 3.8) is 0 Å². The van der Waals surface area contributed by atoms with Crippen molar-refractivity contribution in [2.45, 2.75) is 38.8 Å². The molecule has 1 aromatic carbocycles. The van der Waals surface area contributed by atoms with E-state index in [0.717, 1.165) is 30.8 Å². The summed E-state index contributed by atoms with van der Waals surface area (Å²) in [6.45, 7) is 6.01. The summed E-state index contributed by atoms with van der Waals surface area (Å²) >= 11 is 0. The predicted octanol–water partition coefficient (Wildman–Crippen LogP) is 1.75. The molecular formula is C16H25N3O. The molecule has 0 radical (unpaired) electrons. The van der Waals surface area contributed by atoms with Crippen LogP contribution >= 0.6 is 0 Å². The summed E-state index contributed by atoms with van der Waals surface area (Å²) in [5, 5.41) is 0. The minimum atomic E-state index is 0.249. The highest BCUT2D eigenvalue weighted by molar-refractivity contribution is 5.76. The monoisotopic (exact) mass is 275 g/mol. The lowest BCUT2D eigenvalue weighted by molar-refractivity contribution is -0.135. The molecule has 4 nitrogen and oxygen atoms in total. The maximum absolute atomic E-state index is 12.3. The van der Waals surface area contributed by atoms with Crippen molar-refractivity contribution < 1.29 is 4.79 Å². The Balaban J connectivity index is 1.89. The molecule has 0 bridgehead atoms. The number of nitrogens with zero attached hydrogens (tertiary/aromatic N) is 2. The summed E-state index contributed by atoms with van der Waals surface area (Å²) < 4.78 is 0. The van der Waals surface area contributed by atoms with Crippen molar-refractivity contribution in [2.75, 3.05) is 25.9 Å². The largest absolute Gasteiger partial charge is 0.399 e. The quantitative estimate of drug-likeness (QED) is 0.855. The normalized spacial score (nSPS) is 23.9. The fourth-order valence-electron chi connectivity index (χ4n) is 2.77. The molecule has 110 valence electrons. The second kappa shape index (κ2) is 6.27. The average Bonchev–Trinajstić information content (AvgIpc) is 2.41. The molecule has 20 heavy (non-hydrogen) atoms. The van der Waals surface area contributed by atoms with Gasteiger partial charge >= 0.3 is 0 Å². The van der Waals surface area contributed by atoms with E-state index in [1.165, 1.54) is 0 Å². The number of nitrogen functional groups attached to an aromatic ring is 1. The molecule has 2 unspecified atom stereocenters. The van der Waals surface area contributed by atoms with Gasteiger partial charge in [-0.25, -0.2) is 0 Å². The Morgan fingerprint density at radius 1 is 1.30 bits per heavy atom. The third kappa shape index (κ3) is 3.51. The molecule has 4 heteroatoms. The standard InChI is InChI=1S/C16H25N3O/c1-12-10-19(11-13(2)18(12)3)16(20)8-7-14-5-4-6-15(17)9-14/h4-6,9,12-13H,7-8,10-11,17H2,1-3H3. The van der Waals surface area contributed by atoms with Crippen LogP contribution in [0.1, 0.15) is 25.8 Å². The van der Waals surface area contributed by atoms with Crippen LogP contribution in [0.3, 0.4) is 0 Å². The highest BCUT2D eigenvalue weighted by atomic mass is 16.2. The summed E-state index contributed by atoms with van der Waals surface area (Å²) in [6.07, 6.45) is 1.32. The number of nitrogens with two attached hydrogens (primary N) is 1. The highest BCUT2D eigenvalue weighted by Crippen LogP contribution is 2.15. The van der Waals surface area contributed by atoms with E-state index in [4.69, 9.17) is 5.73 Å². The number of anilines is 1. The van der Waals surface area contributed by atoms with Crippen molar-refractivity contribution in [1.29, 1.82) is 0 Å². The van der Waals surface area contributed by atoms with Crippen molar-refractivity contribution >= 4 is 11.6 Å². The minimum absolute atomic E-state index is 0.249. The number of rotatable bonds is 3. The topological polar surface area (TPSA) is 49.6 Å². The van der Waals surface area contributed by atoms with Gasteiger partial charge in [0.2, 0.25) is 5.91 Å². The molecule has 1 amide bonds. The Labute approximate surface area is 121 Å². The Morgan fingerprint density at radius 3 is 2.55 bits per heavy atom. The smallest absolute Gasteiger partial charge is 0.223 e. The third-order valence-corrected chi connectivity index (χ3v) is 4.29. The van der Waals surface area contributed by atoms with Crippen LogP contribution in [-0.2, 0) is 11.2 Å². The van der Waals surface area contributed by atoms with E-state index in [9.17, 15) is 4.79 Å². The first-order valence-corrected chi connectivity index (χ1v) is 7.31. The van der Waals surface area contributed by atoms with Crippen LogP contribution < -0.4 is 5.73 Å². The Kier molecular flexibility index (Phi) is 4.65. The van der Waals surface area contributed by atoms with E-state index in [-0.39, 0.29) is 5.91 Å². The minimum Gasteiger partial charge on any atom is -0.399 e. The van der Waals surface area contributed by atoms with Gasteiger partial charge in [-0.15, -0.1) is 0 Å². The van der Waals surface area contributed by atoms with Gasteiger partial charge in [0.25, 0.3) is 0 Å². The second-order valence-electron chi connectivity index (χ2n) is 5.91. The zero-order valence-electron chi connectivity index (χ0n) is 12.7. The molecule has 2 N–H and O–H groups in total. The molecule has 1 aliphatic rings. The van der Waals surface area contributed by atoms with E-state index < -0.39 is 0 Å². The van der Waals surface area contributed by atoms with Gasteiger partial charge in [0.1, 0.15) is 0 Å². The van der Waals surface area contributed by atoms with Gasteiger partial charge in [-0.1, -0.05) is 12.1 Å². The zero-order chi connectivity index (χ0) is 14.7. The molecule has 1 heterocycles. The van der Waals surface area contributed by atoms with Crippen molar-refractivity contribution in [3.8, 4) is 0 Å². The molecular weight excluding hydrogens is 250 g/mol. The third-order valence-electron chi connectivity index (χ3n) is 4.29. The van der Waals surface area contributed by atoms with Crippen LogP contribution in [0.25, 0.3) is 0 Å². The number of carbonyl (C=O) groups excluding carboxylic acids is 1. The summed E-state index contributed by atoms with van der Waals surface area (Å²) in [4.78, 5) is 16.7. The lowest BCUT2D eigenvalue weighted by Crippen LogP contribution is -2.56. The summed E-state index contributed by atoms with van der Waals surface area (Å²) in [6, 6.07) is 8.64. The lowest BCUT2D eigenvalue weighted by Gasteiger charge is -2.42. The van der Waals surface area contributed by atoms with E-state index in [1.54, 1.807) is 0 Å². The first kappa shape index (κ1) is 14.9. The number of carbonyl (C=O) groups is 1. The van der Waals surface area contributed by atoms with Gasteiger partial charge in [-0.05, 0) is 45.0 Å². The number of likely N-dealkylation sites (N-methyl/N-ethyl adjacent to an activating group) is 1. The predicted molar refractivity (Wildman–Crippen MR) is 82.4 cm³/mol. The van der Waals surface area contributed by atoms with Crippen molar-refractivity contribution in [1.82, 2.24) is 9.80 Å². The molecule has 1 aromatic rings. The van der Waals surface area contributed by atoms with Crippen molar-refractivity contribution in [2.24, 2.45) is 0 Å². The maximum Gasteiger partial charge on any atom is 0.223 e. The molecule has 0 aliphatic carbocycles. The first-order chi connectivity index (χ1) is 9.47. The molecule has 0 aromatic heterocycles. The van der Waals surface area contributed by atoms with Crippen LogP contribution in [0.2, 0.25) is 0 Å². The summed E-state index contributed by atoms with van der Waals surface area (Å²) in [5.41, 5.74) is 7.65. The lowest BCUT2D eigenvalue weighted by atomic mass is 10.1. The van der Waals surface area contributed by atoms with E-state index in [1.807, 2.05) is 29.2 Å². The van der Waals surface area contributed by atoms with Gasteiger partial charge in [0.05, 0.1) is 0 Å². The second-order valence-corrected chi connectivity index (χ2v) is 5.91. The summed E-state index contributed by atoms with van der Waals surface area (Å²) in [5.74, 6) is 0.249.